The molecule has 0 aliphatic heterocycles. The molecule has 0 saturated heterocycles. The molecule has 0 saturated carbocycles. The van der Waals surface area contributed by atoms with Crippen molar-refractivity contribution in [2.45, 2.75) is 51.7 Å². The van der Waals surface area contributed by atoms with Crippen LogP contribution in [-0.4, -0.2) is 39.0 Å². The molecule has 0 spiro atoms. The summed E-state index contributed by atoms with van der Waals surface area (Å²) in [4.78, 5) is 27.1. The normalized spacial score (nSPS) is 11.3. The molecule has 0 bridgehead atoms. The van der Waals surface area contributed by atoms with Crippen LogP contribution < -0.4 is 5.32 Å². The molecule has 7 nitrogen and oxygen atoms in total. The molecule has 1 amide bonds. The van der Waals surface area contributed by atoms with Crippen molar-refractivity contribution in [3.63, 3.8) is 0 Å². The number of esters is 1. The molecule has 3 heterocycles. The molecule has 4 rings (SSSR count). The van der Waals surface area contributed by atoms with Crippen LogP contribution >= 0.6 is 34.4 Å². The van der Waals surface area contributed by atoms with E-state index in [1.807, 2.05) is 35.7 Å². The zero-order valence-electron chi connectivity index (χ0n) is 21.5. The molecular weight excluding hydrogens is 525 g/mol. The van der Waals surface area contributed by atoms with Crippen LogP contribution in [0.3, 0.4) is 0 Å². The Labute approximate surface area is 229 Å². The second kappa shape index (κ2) is 12.1. The van der Waals surface area contributed by atoms with Crippen molar-refractivity contribution >= 4 is 51.3 Å². The fourth-order valence-corrected chi connectivity index (χ4v) is 6.53. The number of hydrogen-bond donors (Lipinski definition) is 1. The molecule has 3 aromatic heterocycles. The maximum absolute atomic E-state index is 13.0. The van der Waals surface area contributed by atoms with Crippen LogP contribution in [-0.2, 0) is 9.53 Å². The minimum absolute atomic E-state index is 0.124. The smallest absolute Gasteiger partial charge is 0.341 e. The van der Waals surface area contributed by atoms with Gasteiger partial charge in [-0.25, -0.2) is 4.79 Å². The van der Waals surface area contributed by atoms with Crippen molar-refractivity contribution < 1.29 is 14.3 Å². The number of aromatic nitrogens is 3. The molecule has 0 radical (unpaired) electrons. The zero-order valence-corrected chi connectivity index (χ0v) is 23.9. The van der Waals surface area contributed by atoms with E-state index in [4.69, 9.17) is 4.74 Å². The fraction of sp³-hybridized carbons (Fsp3) is 0.333. The Kier molecular flexibility index (Phi) is 8.83. The molecule has 1 N–H and O–H groups in total. The predicted octanol–water partition coefficient (Wildman–Crippen LogP) is 7.35. The summed E-state index contributed by atoms with van der Waals surface area (Å²) < 4.78 is 7.36. The van der Waals surface area contributed by atoms with Crippen LogP contribution in [0.4, 0.5) is 5.00 Å². The van der Waals surface area contributed by atoms with Crippen molar-refractivity contribution in [3.05, 3.63) is 57.6 Å². The third-order valence-corrected chi connectivity index (χ3v) is 8.64. The minimum Gasteiger partial charge on any atom is -0.462 e. The van der Waals surface area contributed by atoms with Gasteiger partial charge in [-0.05, 0) is 38.3 Å². The molecule has 37 heavy (non-hydrogen) atoms. The number of benzene rings is 1. The second-order valence-electron chi connectivity index (χ2n) is 8.94. The topological polar surface area (TPSA) is 86.1 Å². The summed E-state index contributed by atoms with van der Waals surface area (Å²) in [5.74, 6) is 0.704. The SMILES string of the molecule is CCOC(=O)c1c(-c2ccccc2)csc1NC(=O)CSc1nnc(-c2csc(C(C)C)c2)n1C(C)C. The van der Waals surface area contributed by atoms with Gasteiger partial charge in [0.25, 0.3) is 0 Å². The summed E-state index contributed by atoms with van der Waals surface area (Å²) in [6, 6.07) is 11.9. The molecule has 0 aliphatic rings. The van der Waals surface area contributed by atoms with Crippen LogP contribution in [0.15, 0.2) is 52.3 Å². The molecule has 194 valence electrons. The highest BCUT2D eigenvalue weighted by molar-refractivity contribution is 7.99. The van der Waals surface area contributed by atoms with Crippen molar-refractivity contribution in [2.24, 2.45) is 0 Å². The van der Waals surface area contributed by atoms with E-state index in [-0.39, 0.29) is 24.3 Å². The maximum Gasteiger partial charge on any atom is 0.341 e. The number of nitrogens with one attached hydrogen (secondary N) is 1. The first kappa shape index (κ1) is 27.1. The first-order chi connectivity index (χ1) is 17.8. The monoisotopic (exact) mass is 554 g/mol. The summed E-state index contributed by atoms with van der Waals surface area (Å²) >= 11 is 4.36. The first-order valence-electron chi connectivity index (χ1n) is 12.1. The molecule has 0 atom stereocenters. The van der Waals surface area contributed by atoms with Gasteiger partial charge in [0.05, 0.1) is 12.4 Å². The zero-order chi connectivity index (χ0) is 26.5. The lowest BCUT2D eigenvalue weighted by Gasteiger charge is -2.13. The molecule has 0 aliphatic carbocycles. The molecule has 1 aromatic carbocycles. The number of carbonyl (C=O) groups is 2. The lowest BCUT2D eigenvalue weighted by molar-refractivity contribution is -0.113. The number of thiophene rings is 2. The Morgan fingerprint density at radius 3 is 2.46 bits per heavy atom. The van der Waals surface area contributed by atoms with Crippen molar-refractivity contribution in [2.75, 3.05) is 17.7 Å². The van der Waals surface area contributed by atoms with E-state index in [0.717, 1.165) is 22.5 Å². The average molecular weight is 555 g/mol. The fourth-order valence-electron chi connectivity index (χ4n) is 3.79. The van der Waals surface area contributed by atoms with Gasteiger partial charge in [-0.15, -0.1) is 32.9 Å². The van der Waals surface area contributed by atoms with Crippen LogP contribution in [0.2, 0.25) is 0 Å². The number of thioether (sulfide) groups is 1. The largest absolute Gasteiger partial charge is 0.462 e. The van der Waals surface area contributed by atoms with Crippen LogP contribution in [0, 0.1) is 0 Å². The van der Waals surface area contributed by atoms with E-state index in [2.05, 4.69) is 59.2 Å². The molecule has 0 unspecified atom stereocenters. The first-order valence-corrected chi connectivity index (χ1v) is 14.8. The van der Waals surface area contributed by atoms with E-state index in [9.17, 15) is 9.59 Å². The summed E-state index contributed by atoms with van der Waals surface area (Å²) in [6.07, 6.45) is 0. The van der Waals surface area contributed by atoms with Crippen molar-refractivity contribution in [1.82, 2.24) is 14.8 Å². The third kappa shape index (κ3) is 6.14. The Morgan fingerprint density at radius 1 is 1.05 bits per heavy atom. The Morgan fingerprint density at radius 2 is 1.81 bits per heavy atom. The number of anilines is 1. The average Bonchev–Trinajstić information content (AvgIpc) is 3.61. The lowest BCUT2D eigenvalue weighted by Crippen LogP contribution is -2.17. The third-order valence-electron chi connectivity index (χ3n) is 5.57. The highest BCUT2D eigenvalue weighted by Crippen LogP contribution is 2.37. The van der Waals surface area contributed by atoms with Gasteiger partial charge >= 0.3 is 5.97 Å². The highest BCUT2D eigenvalue weighted by atomic mass is 32.2. The van der Waals surface area contributed by atoms with Gasteiger partial charge in [0.2, 0.25) is 5.91 Å². The Balaban J connectivity index is 1.52. The number of nitrogens with zero attached hydrogens (tertiary/aromatic N) is 3. The van der Waals surface area contributed by atoms with Gasteiger partial charge < -0.3 is 10.1 Å². The second-order valence-corrected chi connectivity index (χ2v) is 11.7. The van der Waals surface area contributed by atoms with Gasteiger partial charge in [-0.1, -0.05) is 55.9 Å². The standard InChI is InChI=1S/C27H30N4O3S3/c1-6-34-26(33)23-20(18-10-8-7-9-11-18)14-36-25(23)28-22(32)15-37-27-30-29-24(31(27)17(4)5)19-12-21(16(2)3)35-13-19/h7-14,16-17H,6,15H2,1-5H3,(H,28,32). The van der Waals surface area contributed by atoms with E-state index in [0.29, 0.717) is 21.6 Å². The minimum atomic E-state index is -0.453. The number of rotatable bonds is 10. The summed E-state index contributed by atoms with van der Waals surface area (Å²) in [7, 11) is 0. The van der Waals surface area contributed by atoms with Crippen molar-refractivity contribution in [1.29, 1.82) is 0 Å². The van der Waals surface area contributed by atoms with Crippen LogP contribution in [0.25, 0.3) is 22.5 Å². The molecule has 4 aromatic rings. The van der Waals surface area contributed by atoms with Gasteiger partial charge in [-0.3, -0.25) is 9.36 Å². The molecule has 0 fully saturated rings. The van der Waals surface area contributed by atoms with Gasteiger partial charge in [0.1, 0.15) is 10.6 Å². The van der Waals surface area contributed by atoms with Crippen LogP contribution in [0.5, 0.6) is 0 Å². The maximum atomic E-state index is 13.0. The Bertz CT molecular complexity index is 1370. The van der Waals surface area contributed by atoms with Gasteiger partial charge in [-0.2, -0.15) is 0 Å². The Hall–Kier alpha value is -2.95. The number of ether oxygens (including phenoxy) is 1. The summed E-state index contributed by atoms with van der Waals surface area (Å²) in [5, 5.41) is 16.9. The van der Waals surface area contributed by atoms with Crippen LogP contribution in [0.1, 0.15) is 61.8 Å². The quantitative estimate of drug-likeness (QED) is 0.163. The predicted molar refractivity (Wildman–Crippen MR) is 153 cm³/mol. The molecular formula is C27H30N4O3S3. The summed E-state index contributed by atoms with van der Waals surface area (Å²) in [5.41, 5.74) is 3.05. The summed E-state index contributed by atoms with van der Waals surface area (Å²) in [6.45, 7) is 10.5. The number of hydrogen-bond acceptors (Lipinski definition) is 8. The number of amides is 1. The van der Waals surface area contributed by atoms with Crippen molar-refractivity contribution in [3.8, 4) is 22.5 Å². The number of carbonyl (C=O) groups excluding carboxylic acids is 2. The van der Waals surface area contributed by atoms with Gasteiger partial charge in [0, 0.05) is 32.8 Å². The highest BCUT2D eigenvalue weighted by Gasteiger charge is 2.24. The van der Waals surface area contributed by atoms with E-state index in [1.165, 1.54) is 28.0 Å². The van der Waals surface area contributed by atoms with E-state index >= 15 is 0 Å². The van der Waals surface area contributed by atoms with E-state index in [1.54, 1.807) is 18.3 Å². The molecule has 10 heteroatoms. The van der Waals surface area contributed by atoms with E-state index < -0.39 is 5.97 Å². The van der Waals surface area contributed by atoms with Gasteiger partial charge in [0.15, 0.2) is 11.0 Å². The lowest BCUT2D eigenvalue weighted by atomic mass is 10.0.